The predicted molar refractivity (Wildman–Crippen MR) is 124 cm³/mol. The van der Waals surface area contributed by atoms with Crippen LogP contribution in [0.15, 0.2) is 18.3 Å². The smallest absolute Gasteiger partial charge is 0.303 e. The maximum Gasteiger partial charge on any atom is 0.303 e. The summed E-state index contributed by atoms with van der Waals surface area (Å²) in [6.45, 7) is 5.22. The lowest BCUT2D eigenvalue weighted by atomic mass is 9.96. The number of nitrogens with zero attached hydrogens (tertiary/aromatic N) is 3. The van der Waals surface area contributed by atoms with E-state index in [2.05, 4.69) is 10.3 Å². The van der Waals surface area contributed by atoms with Crippen LogP contribution in [0.2, 0.25) is 0 Å². The maximum absolute atomic E-state index is 13.8. The average molecular weight is 546 g/mol. The van der Waals surface area contributed by atoms with Crippen molar-refractivity contribution in [2.75, 3.05) is 12.4 Å². The Hall–Kier alpha value is -3.13. The summed E-state index contributed by atoms with van der Waals surface area (Å²) in [5, 5.41) is 7.96. The molecule has 202 valence electrons. The molecule has 14 heteroatoms. The van der Waals surface area contributed by atoms with E-state index in [9.17, 15) is 27.6 Å². The van der Waals surface area contributed by atoms with Crippen molar-refractivity contribution in [2.45, 2.75) is 63.9 Å². The van der Waals surface area contributed by atoms with Crippen LogP contribution in [-0.4, -0.2) is 69.0 Å². The van der Waals surface area contributed by atoms with Gasteiger partial charge >= 0.3 is 17.9 Å². The van der Waals surface area contributed by atoms with E-state index in [0.29, 0.717) is 5.75 Å². The fourth-order valence-electron chi connectivity index (χ4n) is 3.81. The largest absolute Gasteiger partial charge is 0.463 e. The zero-order chi connectivity index (χ0) is 27.3. The first-order valence-corrected chi connectivity index (χ1v) is 12.4. The monoisotopic (exact) mass is 545 g/mol. The highest BCUT2D eigenvalue weighted by molar-refractivity contribution is 7.99. The highest BCUT2D eigenvalue weighted by Crippen LogP contribution is 2.39. The minimum absolute atomic E-state index is 0.0262. The number of hydrogen-bond donors (Lipinski definition) is 0. The van der Waals surface area contributed by atoms with Crippen molar-refractivity contribution in [1.29, 1.82) is 0 Å². The first-order valence-electron chi connectivity index (χ1n) is 11.3. The van der Waals surface area contributed by atoms with E-state index in [1.807, 2.05) is 6.92 Å². The van der Waals surface area contributed by atoms with Gasteiger partial charge in [0, 0.05) is 26.3 Å². The van der Waals surface area contributed by atoms with Crippen LogP contribution in [-0.2, 0) is 33.3 Å². The molecule has 2 heterocycles. The Labute approximate surface area is 214 Å². The molecular weight excluding hydrogens is 519 g/mol. The summed E-state index contributed by atoms with van der Waals surface area (Å²) < 4.78 is 64.6. The van der Waals surface area contributed by atoms with E-state index in [4.69, 9.17) is 18.9 Å². The Bertz CT molecular complexity index is 1130. The Kier molecular flexibility index (Phi) is 9.54. The third-order valence-corrected chi connectivity index (χ3v) is 6.61. The SMILES string of the molecule is CCCS[C@H]1OC(COC(C)=O)[C@H](OC(C)=O)[C@H](n2cc(-c3cc(F)c(F)c(F)c3)nn2)C1OC(C)=O. The fraction of sp³-hybridized carbons (Fsp3) is 0.522. The van der Waals surface area contributed by atoms with Gasteiger partial charge in [-0.15, -0.1) is 16.9 Å². The molecule has 1 aliphatic rings. The first kappa shape index (κ1) is 28.4. The van der Waals surface area contributed by atoms with E-state index in [1.165, 1.54) is 36.5 Å². The number of carbonyl (C=O) groups is 3. The molecule has 0 aliphatic carbocycles. The molecule has 0 spiro atoms. The number of hydrogen-bond acceptors (Lipinski definition) is 10. The number of aromatic nitrogens is 3. The van der Waals surface area contributed by atoms with Gasteiger partial charge in [0.15, 0.2) is 29.7 Å². The molecule has 3 rings (SSSR count). The van der Waals surface area contributed by atoms with Crippen molar-refractivity contribution in [1.82, 2.24) is 15.0 Å². The maximum atomic E-state index is 13.8. The Morgan fingerprint density at radius 3 is 2.22 bits per heavy atom. The van der Waals surface area contributed by atoms with Crippen LogP contribution < -0.4 is 0 Å². The minimum Gasteiger partial charge on any atom is -0.463 e. The van der Waals surface area contributed by atoms with Gasteiger partial charge in [-0.3, -0.25) is 14.4 Å². The lowest BCUT2D eigenvalue weighted by molar-refractivity contribution is -0.212. The summed E-state index contributed by atoms with van der Waals surface area (Å²) in [6.07, 6.45) is -1.15. The lowest BCUT2D eigenvalue weighted by Gasteiger charge is -2.44. The van der Waals surface area contributed by atoms with Gasteiger partial charge in [0.2, 0.25) is 0 Å². The van der Waals surface area contributed by atoms with Crippen LogP contribution in [0.5, 0.6) is 0 Å². The summed E-state index contributed by atoms with van der Waals surface area (Å²) in [5.74, 6) is -5.78. The summed E-state index contributed by atoms with van der Waals surface area (Å²) in [5.41, 5.74) is -0.910. The second-order valence-electron chi connectivity index (χ2n) is 8.19. The number of esters is 3. The molecule has 2 aromatic rings. The van der Waals surface area contributed by atoms with Crippen LogP contribution in [0.3, 0.4) is 0 Å². The van der Waals surface area contributed by atoms with Crippen LogP contribution in [0.25, 0.3) is 11.3 Å². The quantitative estimate of drug-likeness (QED) is 0.264. The fourth-order valence-corrected chi connectivity index (χ4v) is 4.91. The van der Waals surface area contributed by atoms with E-state index >= 15 is 0 Å². The number of halogens is 3. The molecule has 1 aliphatic heterocycles. The van der Waals surface area contributed by atoms with E-state index in [-0.39, 0.29) is 17.9 Å². The first-order chi connectivity index (χ1) is 17.5. The minimum atomic E-state index is -1.63. The molecule has 10 nitrogen and oxygen atoms in total. The predicted octanol–water partition coefficient (Wildman–Crippen LogP) is 3.20. The van der Waals surface area contributed by atoms with Gasteiger partial charge in [-0.1, -0.05) is 12.1 Å². The van der Waals surface area contributed by atoms with Crippen molar-refractivity contribution < 1.29 is 46.5 Å². The normalized spacial score (nSPS) is 23.4. The number of carbonyl (C=O) groups excluding carboxylic acids is 3. The molecule has 1 aromatic heterocycles. The second-order valence-corrected chi connectivity index (χ2v) is 9.40. The number of rotatable bonds is 9. The zero-order valence-corrected chi connectivity index (χ0v) is 21.3. The molecule has 1 fully saturated rings. The molecular formula is C23H26F3N3O7S. The number of benzene rings is 1. The van der Waals surface area contributed by atoms with Gasteiger partial charge in [-0.25, -0.2) is 17.9 Å². The third kappa shape index (κ3) is 7.01. The zero-order valence-electron chi connectivity index (χ0n) is 20.5. The molecule has 5 atom stereocenters. The molecule has 1 aromatic carbocycles. The molecule has 0 amide bonds. The second kappa shape index (κ2) is 12.4. The van der Waals surface area contributed by atoms with Crippen LogP contribution in [0, 0.1) is 17.5 Å². The van der Waals surface area contributed by atoms with Gasteiger partial charge < -0.3 is 18.9 Å². The molecule has 37 heavy (non-hydrogen) atoms. The van der Waals surface area contributed by atoms with E-state index in [0.717, 1.165) is 25.5 Å². The van der Waals surface area contributed by atoms with Gasteiger partial charge in [-0.2, -0.15) is 0 Å². The van der Waals surface area contributed by atoms with Gasteiger partial charge in [0.25, 0.3) is 0 Å². The molecule has 0 radical (unpaired) electrons. The van der Waals surface area contributed by atoms with Crippen LogP contribution in [0.1, 0.15) is 40.2 Å². The summed E-state index contributed by atoms with van der Waals surface area (Å²) in [6, 6.07) is 0.480. The topological polar surface area (TPSA) is 119 Å². The lowest BCUT2D eigenvalue weighted by Crippen LogP contribution is -2.57. The molecule has 0 bridgehead atoms. The van der Waals surface area contributed by atoms with Gasteiger partial charge in [0.05, 0.1) is 6.20 Å². The van der Waals surface area contributed by atoms with E-state index in [1.54, 1.807) is 0 Å². The van der Waals surface area contributed by atoms with Crippen molar-refractivity contribution in [3.05, 3.63) is 35.8 Å². The van der Waals surface area contributed by atoms with E-state index < -0.39 is 65.1 Å². The highest BCUT2D eigenvalue weighted by Gasteiger charge is 2.51. The molecule has 2 unspecified atom stereocenters. The Morgan fingerprint density at radius 2 is 1.65 bits per heavy atom. The summed E-state index contributed by atoms with van der Waals surface area (Å²) in [4.78, 5) is 35.6. The van der Waals surface area contributed by atoms with Crippen LogP contribution in [0.4, 0.5) is 13.2 Å². The standard InChI is InChI=1S/C23H26F3N3O7S/c1-5-6-37-23-22(35-13(4)32)20(21(34-12(3)31)18(36-23)10-33-11(2)30)29-9-17(27-28-29)14-7-15(24)19(26)16(25)8-14/h7-9,18,20-23H,5-6,10H2,1-4H3/t18?,20-,21-,22?,23+/m0/s1. The third-order valence-electron chi connectivity index (χ3n) is 5.25. The van der Waals surface area contributed by atoms with Gasteiger partial charge in [0.1, 0.15) is 29.9 Å². The molecule has 0 N–H and O–H groups in total. The number of ether oxygens (including phenoxy) is 4. The average Bonchev–Trinajstić information content (AvgIpc) is 3.30. The Balaban J connectivity index is 2.10. The highest BCUT2D eigenvalue weighted by atomic mass is 32.2. The van der Waals surface area contributed by atoms with Crippen molar-refractivity contribution in [3.63, 3.8) is 0 Å². The summed E-state index contributed by atoms with van der Waals surface area (Å²) in [7, 11) is 0. The molecule has 0 saturated carbocycles. The van der Waals surface area contributed by atoms with Crippen LogP contribution >= 0.6 is 11.8 Å². The van der Waals surface area contributed by atoms with Crippen molar-refractivity contribution >= 4 is 29.7 Å². The summed E-state index contributed by atoms with van der Waals surface area (Å²) >= 11 is 1.33. The Morgan fingerprint density at radius 1 is 1.03 bits per heavy atom. The van der Waals surface area contributed by atoms with Crippen molar-refractivity contribution in [2.24, 2.45) is 0 Å². The number of thioether (sulfide) groups is 1. The molecule has 1 saturated heterocycles. The van der Waals surface area contributed by atoms with Gasteiger partial charge in [-0.05, 0) is 24.3 Å². The van der Waals surface area contributed by atoms with Crippen molar-refractivity contribution in [3.8, 4) is 11.3 Å².